The molecule has 0 N–H and O–H groups in total. The third-order valence-corrected chi connectivity index (χ3v) is 1.86. The molecule has 0 spiro atoms. The molecule has 0 unspecified atom stereocenters. The Balaban J connectivity index is 0.000000324. The van der Waals surface area contributed by atoms with Gasteiger partial charge in [-0.15, -0.1) is 0 Å². The molecule has 0 aliphatic carbocycles. The van der Waals surface area contributed by atoms with Crippen LogP contribution in [-0.2, 0) is 19.8 Å². The van der Waals surface area contributed by atoms with Crippen LogP contribution in [0.15, 0.2) is 48.8 Å². The minimum Gasteiger partial charge on any atom is -0.888 e. The maximum absolute atomic E-state index is 10.1. The molecule has 2 heterocycles. The number of hydrogen-bond acceptors (Lipinski definition) is 6. The topological polar surface area (TPSA) is 118 Å². The maximum Gasteiger partial charge on any atom is 4.00 e. The largest absolute Gasteiger partial charge is 4.00 e. The van der Waals surface area contributed by atoms with Crippen molar-refractivity contribution in [3.8, 4) is 0 Å². The number of nitrogens with zero attached hydrogens (tertiary/aromatic N) is 2. The summed E-state index contributed by atoms with van der Waals surface area (Å²) >= 11 is 0. The average molecular weight is 432 g/mol. The van der Waals surface area contributed by atoms with Crippen LogP contribution in [0, 0.1) is 0 Å². The molecule has 0 atom stereocenters. The Morgan fingerprint density at radius 2 is 1.05 bits per heavy atom. The van der Waals surface area contributed by atoms with E-state index in [9.17, 15) is 20.1 Å². The molecule has 0 radical (unpaired) electrons. The van der Waals surface area contributed by atoms with Crippen LogP contribution >= 0.6 is 0 Å². The molecule has 0 amide bonds. The minimum absolute atomic E-state index is 0. The summed E-state index contributed by atoms with van der Waals surface area (Å²) in [5.74, 6) is 0. The number of rotatable bonds is 2. The van der Waals surface area contributed by atoms with Crippen molar-refractivity contribution >= 4 is 25.4 Å². The van der Waals surface area contributed by atoms with Crippen LogP contribution < -0.4 is 31.3 Å². The Bertz CT molecular complexity index is 404. The second-order valence-corrected chi connectivity index (χ2v) is 3.17. The van der Waals surface area contributed by atoms with Gasteiger partial charge in [-0.3, -0.25) is 9.97 Å². The van der Waals surface area contributed by atoms with Crippen molar-refractivity contribution in [2.45, 2.75) is 0 Å². The molecule has 0 aliphatic rings. The zero-order chi connectivity index (χ0) is 13.4. The standard InChI is InChI=1S/2C5H4BNO2.Os/c2*8-6(9)5-3-1-2-4-7-5;/h2*1-4H;/q2*-2;+4. The predicted octanol–water partition coefficient (Wildman–Crippen LogP) is -5.01. The summed E-state index contributed by atoms with van der Waals surface area (Å²) in [7, 11) is -3.91. The molecule has 0 saturated heterocycles. The molecule has 0 saturated carbocycles. The Morgan fingerprint density at radius 1 is 0.684 bits per heavy atom. The van der Waals surface area contributed by atoms with Gasteiger partial charge < -0.3 is 20.1 Å². The summed E-state index contributed by atoms with van der Waals surface area (Å²) < 4.78 is 0. The third kappa shape index (κ3) is 7.16. The molecule has 0 aliphatic heterocycles. The van der Waals surface area contributed by atoms with Crippen molar-refractivity contribution in [3.63, 3.8) is 0 Å². The normalized spacial score (nSPS) is 8.63. The molecule has 2 aromatic heterocycles. The molecule has 9 heteroatoms. The van der Waals surface area contributed by atoms with Gasteiger partial charge in [-0.25, -0.2) is 0 Å². The van der Waals surface area contributed by atoms with Crippen molar-refractivity contribution in [2.75, 3.05) is 0 Å². The van der Waals surface area contributed by atoms with Gasteiger partial charge in [0.05, 0.1) is 0 Å². The number of pyridine rings is 2. The Morgan fingerprint density at radius 3 is 1.21 bits per heavy atom. The minimum atomic E-state index is -1.95. The van der Waals surface area contributed by atoms with Crippen molar-refractivity contribution < 1.29 is 39.9 Å². The van der Waals surface area contributed by atoms with Crippen LogP contribution in [0.1, 0.15) is 0 Å². The van der Waals surface area contributed by atoms with Gasteiger partial charge in [-0.1, -0.05) is 24.3 Å². The summed E-state index contributed by atoms with van der Waals surface area (Å²) in [6, 6.07) is 9.39. The summed E-state index contributed by atoms with van der Waals surface area (Å²) in [6.07, 6.45) is 2.86. The van der Waals surface area contributed by atoms with Crippen LogP contribution in [-0.4, -0.2) is 24.2 Å². The number of aromatic nitrogens is 2. The van der Waals surface area contributed by atoms with Crippen LogP contribution in [0.2, 0.25) is 0 Å². The van der Waals surface area contributed by atoms with Gasteiger partial charge in [-0.05, 0) is 37.6 Å². The van der Waals surface area contributed by atoms with Crippen molar-refractivity contribution in [1.29, 1.82) is 0 Å². The SMILES string of the molecule is [O-]B([O-])c1ccccn1.[O-]B([O-])c1ccccn1.[Os+4]. The average Bonchev–Trinajstić information content (AvgIpc) is 2.41. The van der Waals surface area contributed by atoms with Crippen molar-refractivity contribution in [1.82, 2.24) is 9.97 Å². The van der Waals surface area contributed by atoms with Gasteiger partial charge in [0.2, 0.25) is 0 Å². The first kappa shape index (κ1) is 17.9. The van der Waals surface area contributed by atoms with Gasteiger partial charge in [0.1, 0.15) is 0 Å². The summed E-state index contributed by atoms with van der Waals surface area (Å²) in [6.45, 7) is 0. The van der Waals surface area contributed by atoms with E-state index in [2.05, 4.69) is 9.97 Å². The van der Waals surface area contributed by atoms with Gasteiger partial charge >= 0.3 is 19.8 Å². The van der Waals surface area contributed by atoms with Gasteiger partial charge in [-0.2, -0.15) is 0 Å². The first-order valence-corrected chi connectivity index (χ1v) is 5.06. The van der Waals surface area contributed by atoms with E-state index in [0.29, 0.717) is 0 Å². The summed E-state index contributed by atoms with van der Waals surface area (Å²) in [4.78, 5) is 7.11. The Hall–Kier alpha value is -1.09. The molecule has 19 heavy (non-hydrogen) atoms. The zero-order valence-corrected chi connectivity index (χ0v) is 12.2. The predicted molar refractivity (Wildman–Crippen MR) is 59.3 cm³/mol. The molecule has 2 aromatic rings. The van der Waals surface area contributed by atoms with Crippen molar-refractivity contribution in [2.24, 2.45) is 0 Å². The van der Waals surface area contributed by atoms with E-state index in [1.165, 1.54) is 24.5 Å². The molecule has 6 nitrogen and oxygen atoms in total. The summed E-state index contributed by atoms with van der Waals surface area (Å²) in [5.41, 5.74) is 0.106. The van der Waals surface area contributed by atoms with E-state index in [-0.39, 0.29) is 31.0 Å². The van der Waals surface area contributed by atoms with Gasteiger partial charge in [0.25, 0.3) is 0 Å². The van der Waals surface area contributed by atoms with Gasteiger partial charge in [0.15, 0.2) is 0 Å². The molecule has 96 valence electrons. The monoisotopic (exact) mass is 434 g/mol. The van der Waals surface area contributed by atoms with E-state index in [1.54, 1.807) is 24.3 Å². The quantitative estimate of drug-likeness (QED) is 0.439. The second-order valence-electron chi connectivity index (χ2n) is 3.17. The molecular weight excluding hydrogens is 424 g/mol. The van der Waals surface area contributed by atoms with E-state index in [4.69, 9.17) is 0 Å². The number of hydrogen-bond donors (Lipinski definition) is 0. The molecule has 0 aromatic carbocycles. The third-order valence-electron chi connectivity index (χ3n) is 1.86. The smallest absolute Gasteiger partial charge is 0.888 e. The zero-order valence-electron chi connectivity index (χ0n) is 9.65. The molecule has 0 bridgehead atoms. The van der Waals surface area contributed by atoms with Crippen LogP contribution in [0.4, 0.5) is 0 Å². The van der Waals surface area contributed by atoms with Crippen molar-refractivity contribution in [3.05, 3.63) is 48.8 Å². The van der Waals surface area contributed by atoms with E-state index in [1.807, 2.05) is 0 Å². The maximum atomic E-state index is 10.1. The Kier molecular flexibility index (Phi) is 9.22. The first-order valence-electron chi connectivity index (χ1n) is 5.06. The van der Waals surface area contributed by atoms with E-state index < -0.39 is 14.2 Å². The van der Waals surface area contributed by atoms with E-state index >= 15 is 0 Å². The second kappa shape index (κ2) is 9.79. The van der Waals surface area contributed by atoms with Crippen LogP contribution in [0.5, 0.6) is 0 Å². The molecule has 2 rings (SSSR count). The fourth-order valence-corrected chi connectivity index (χ4v) is 1.03. The van der Waals surface area contributed by atoms with E-state index in [0.717, 1.165) is 0 Å². The fraction of sp³-hybridized carbons (Fsp3) is 0. The molecule has 0 fully saturated rings. The fourth-order valence-electron chi connectivity index (χ4n) is 1.03. The van der Waals surface area contributed by atoms with Gasteiger partial charge in [0, 0.05) is 12.4 Å². The van der Waals surface area contributed by atoms with Crippen LogP contribution in [0.25, 0.3) is 0 Å². The molecular formula is C10H8B2N2O4Os. The first-order chi connectivity index (χ1) is 8.61. The Labute approximate surface area is 124 Å². The summed E-state index contributed by atoms with van der Waals surface area (Å²) in [5, 5.41) is 40.4. The van der Waals surface area contributed by atoms with Crippen LogP contribution in [0.3, 0.4) is 0 Å².